The van der Waals surface area contributed by atoms with Crippen molar-refractivity contribution in [2.75, 3.05) is 34.0 Å². The van der Waals surface area contributed by atoms with Crippen LogP contribution >= 0.6 is 0 Å². The largest absolute Gasteiger partial charge is 0.385 e. The smallest absolute Gasteiger partial charge is 0.269 e. The maximum Gasteiger partial charge on any atom is 0.269 e. The van der Waals surface area contributed by atoms with Crippen LogP contribution in [0.4, 0.5) is 5.69 Å². The zero-order valence-electron chi connectivity index (χ0n) is 19.8. The molecule has 0 aliphatic carbocycles. The number of ether oxygens (including phenoxy) is 2. The van der Waals surface area contributed by atoms with E-state index in [1.54, 1.807) is 31.2 Å². The van der Waals surface area contributed by atoms with Crippen LogP contribution in [0.15, 0.2) is 58.2 Å². The minimum absolute atomic E-state index is 0.0846. The quantitative estimate of drug-likeness (QED) is 0.209. The average molecular weight is 505 g/mol. The van der Waals surface area contributed by atoms with Gasteiger partial charge in [-0.1, -0.05) is 12.1 Å². The summed E-state index contributed by atoms with van der Waals surface area (Å²) in [5, 5.41) is 11.4. The Labute approximate surface area is 203 Å². The van der Waals surface area contributed by atoms with Crippen LogP contribution in [-0.4, -0.2) is 61.2 Å². The van der Waals surface area contributed by atoms with Crippen molar-refractivity contribution in [3.63, 3.8) is 0 Å². The van der Waals surface area contributed by atoms with Gasteiger partial charge >= 0.3 is 0 Å². The van der Waals surface area contributed by atoms with Crippen molar-refractivity contribution in [1.29, 1.82) is 0 Å². The standard InChI is InChI=1S/C23H28N4O7S/c1-17(22-24-21-8-5-4-7-20(21)23(28)25(22)14-16-34-3)26(13-6-15-33-2)35(31,32)19-11-9-18(10-12-19)27(29)30/h4-5,7-12,17H,6,13-16H2,1-3H3. The van der Waals surface area contributed by atoms with Gasteiger partial charge < -0.3 is 9.47 Å². The molecular formula is C23H28N4O7S. The molecule has 1 heterocycles. The molecule has 188 valence electrons. The van der Waals surface area contributed by atoms with Crippen LogP contribution in [0.5, 0.6) is 0 Å². The number of fused-ring (bicyclic) bond motifs is 1. The highest BCUT2D eigenvalue weighted by molar-refractivity contribution is 7.89. The second-order valence-corrected chi connectivity index (χ2v) is 9.72. The zero-order chi connectivity index (χ0) is 25.6. The summed E-state index contributed by atoms with van der Waals surface area (Å²) >= 11 is 0. The molecule has 0 N–H and O–H groups in total. The van der Waals surface area contributed by atoms with Crippen molar-refractivity contribution in [2.45, 2.75) is 30.8 Å². The number of nitro groups is 1. The van der Waals surface area contributed by atoms with Gasteiger partial charge in [-0.15, -0.1) is 0 Å². The highest BCUT2D eigenvalue weighted by Crippen LogP contribution is 2.28. The first kappa shape index (κ1) is 26.4. The van der Waals surface area contributed by atoms with Gasteiger partial charge in [0.25, 0.3) is 11.2 Å². The van der Waals surface area contributed by atoms with Gasteiger partial charge in [-0.05, 0) is 37.6 Å². The third-order valence-corrected chi connectivity index (χ3v) is 7.58. The first-order valence-corrected chi connectivity index (χ1v) is 12.4. The summed E-state index contributed by atoms with van der Waals surface area (Å²) < 4.78 is 40.3. The van der Waals surface area contributed by atoms with E-state index >= 15 is 0 Å². The van der Waals surface area contributed by atoms with Gasteiger partial charge in [0.05, 0.1) is 39.9 Å². The Kier molecular flexibility index (Phi) is 8.67. The van der Waals surface area contributed by atoms with Crippen LogP contribution in [0.2, 0.25) is 0 Å². The molecule has 0 aliphatic rings. The topological polar surface area (TPSA) is 134 Å². The molecule has 0 saturated carbocycles. The maximum atomic E-state index is 13.7. The molecule has 0 bridgehead atoms. The molecule has 0 radical (unpaired) electrons. The first-order chi connectivity index (χ1) is 16.7. The molecule has 0 aliphatic heterocycles. The third-order valence-electron chi connectivity index (χ3n) is 5.60. The lowest BCUT2D eigenvalue weighted by atomic mass is 10.2. The van der Waals surface area contributed by atoms with Gasteiger partial charge in [0.2, 0.25) is 10.0 Å². The molecule has 0 spiro atoms. The molecule has 2 aromatic carbocycles. The lowest BCUT2D eigenvalue weighted by molar-refractivity contribution is -0.384. The number of hydrogen-bond donors (Lipinski definition) is 0. The number of rotatable bonds is 12. The molecule has 1 aromatic heterocycles. The Morgan fingerprint density at radius 1 is 1.09 bits per heavy atom. The number of methoxy groups -OCH3 is 2. The van der Waals surface area contributed by atoms with E-state index in [0.29, 0.717) is 23.9 Å². The minimum Gasteiger partial charge on any atom is -0.385 e. The number of nitrogens with zero attached hydrogens (tertiary/aromatic N) is 4. The summed E-state index contributed by atoms with van der Waals surface area (Å²) in [7, 11) is -1.07. The Morgan fingerprint density at radius 2 is 1.74 bits per heavy atom. The molecule has 1 unspecified atom stereocenters. The fourth-order valence-electron chi connectivity index (χ4n) is 3.79. The van der Waals surface area contributed by atoms with Crippen molar-refractivity contribution in [2.24, 2.45) is 0 Å². The molecule has 0 amide bonds. The second-order valence-electron chi connectivity index (χ2n) is 7.83. The number of aromatic nitrogens is 2. The molecule has 0 saturated heterocycles. The molecule has 3 rings (SSSR count). The van der Waals surface area contributed by atoms with Crippen molar-refractivity contribution >= 4 is 26.6 Å². The summed E-state index contributed by atoms with van der Waals surface area (Å²) in [6.07, 6.45) is 0.392. The number of para-hydroxylation sites is 1. The highest BCUT2D eigenvalue weighted by atomic mass is 32.2. The van der Waals surface area contributed by atoms with Crippen molar-refractivity contribution in [3.05, 3.63) is 74.8 Å². The van der Waals surface area contributed by atoms with Crippen molar-refractivity contribution in [3.8, 4) is 0 Å². The Hall–Kier alpha value is -3.19. The highest BCUT2D eigenvalue weighted by Gasteiger charge is 2.33. The predicted molar refractivity (Wildman–Crippen MR) is 130 cm³/mol. The molecular weight excluding hydrogens is 476 g/mol. The van der Waals surface area contributed by atoms with E-state index in [1.807, 2.05) is 0 Å². The molecule has 0 fully saturated rings. The summed E-state index contributed by atoms with van der Waals surface area (Å²) in [6.45, 7) is 2.49. The second kappa shape index (κ2) is 11.5. The van der Waals surface area contributed by atoms with E-state index in [4.69, 9.17) is 9.47 Å². The number of hydrogen-bond acceptors (Lipinski definition) is 8. The van der Waals surface area contributed by atoms with E-state index in [0.717, 1.165) is 12.1 Å². The number of non-ortho nitro benzene ring substituents is 1. The van der Waals surface area contributed by atoms with E-state index in [1.165, 1.54) is 35.2 Å². The summed E-state index contributed by atoms with van der Waals surface area (Å²) in [6, 6.07) is 10.7. The first-order valence-electron chi connectivity index (χ1n) is 11.0. The van der Waals surface area contributed by atoms with Crippen LogP contribution in [0, 0.1) is 10.1 Å². The van der Waals surface area contributed by atoms with Gasteiger partial charge in [-0.3, -0.25) is 19.5 Å². The van der Waals surface area contributed by atoms with Crippen molar-refractivity contribution in [1.82, 2.24) is 13.9 Å². The molecule has 11 nitrogen and oxygen atoms in total. The normalized spacial score (nSPS) is 12.8. The summed E-state index contributed by atoms with van der Waals surface area (Å²) in [4.78, 5) is 28.3. The Morgan fingerprint density at radius 3 is 2.37 bits per heavy atom. The van der Waals surface area contributed by atoms with Crippen LogP contribution in [-0.2, 0) is 26.0 Å². The predicted octanol–water partition coefficient (Wildman–Crippen LogP) is 2.74. The minimum atomic E-state index is -4.11. The van der Waals surface area contributed by atoms with Crippen molar-refractivity contribution < 1.29 is 22.8 Å². The van der Waals surface area contributed by atoms with E-state index in [2.05, 4.69) is 4.98 Å². The maximum absolute atomic E-state index is 13.7. The van der Waals surface area contributed by atoms with Gasteiger partial charge in [-0.2, -0.15) is 4.31 Å². The Balaban J connectivity index is 2.13. The van der Waals surface area contributed by atoms with E-state index < -0.39 is 21.0 Å². The van der Waals surface area contributed by atoms with Crippen LogP contribution in [0.3, 0.4) is 0 Å². The van der Waals surface area contributed by atoms with Gasteiger partial charge in [0.15, 0.2) is 0 Å². The summed E-state index contributed by atoms with van der Waals surface area (Å²) in [5.41, 5.74) is -0.0517. The zero-order valence-corrected chi connectivity index (χ0v) is 20.6. The van der Waals surface area contributed by atoms with E-state index in [-0.39, 0.29) is 41.7 Å². The van der Waals surface area contributed by atoms with Crippen LogP contribution in [0.25, 0.3) is 10.9 Å². The SMILES string of the molecule is COCCCN(C(C)c1nc2ccccc2c(=O)n1CCOC)S(=O)(=O)c1ccc([N+](=O)[O-])cc1. The van der Waals surface area contributed by atoms with Crippen LogP contribution < -0.4 is 5.56 Å². The molecule has 3 aromatic rings. The fourth-order valence-corrected chi connectivity index (χ4v) is 5.42. The number of nitro benzene ring substituents is 1. The molecule has 1 atom stereocenters. The third kappa shape index (κ3) is 5.73. The van der Waals surface area contributed by atoms with Crippen LogP contribution in [0.1, 0.15) is 25.2 Å². The molecule has 12 heteroatoms. The van der Waals surface area contributed by atoms with E-state index in [9.17, 15) is 23.3 Å². The van der Waals surface area contributed by atoms with Gasteiger partial charge in [0.1, 0.15) is 5.82 Å². The number of benzene rings is 2. The van der Waals surface area contributed by atoms with Gasteiger partial charge in [0, 0.05) is 39.5 Å². The lowest BCUT2D eigenvalue weighted by Gasteiger charge is -2.29. The fraction of sp³-hybridized carbons (Fsp3) is 0.391. The number of sulfonamides is 1. The summed E-state index contributed by atoms with van der Waals surface area (Å²) in [5.74, 6) is 0.272. The average Bonchev–Trinajstić information content (AvgIpc) is 2.85. The van der Waals surface area contributed by atoms with Gasteiger partial charge in [-0.25, -0.2) is 13.4 Å². The monoisotopic (exact) mass is 504 g/mol. The Bertz CT molecular complexity index is 1340. The lowest BCUT2D eigenvalue weighted by Crippen LogP contribution is -2.39. The molecule has 35 heavy (non-hydrogen) atoms.